The van der Waals surface area contributed by atoms with Crippen LogP contribution in [0.2, 0.25) is 0 Å². The summed E-state index contributed by atoms with van der Waals surface area (Å²) in [4.78, 5) is 2.14. The first-order valence-corrected chi connectivity index (χ1v) is 6.79. The first-order valence-electron chi connectivity index (χ1n) is 6.79. The lowest BCUT2D eigenvalue weighted by atomic mass is 10.2. The number of hydrogen-bond acceptors (Lipinski definition) is 1. The van der Waals surface area contributed by atoms with Crippen molar-refractivity contribution in [3.05, 3.63) is 66.2 Å². The Balaban J connectivity index is 2.17. The van der Waals surface area contributed by atoms with E-state index in [-0.39, 0.29) is 0 Å². The minimum atomic E-state index is 0.973. The van der Waals surface area contributed by atoms with Gasteiger partial charge in [0.15, 0.2) is 0 Å². The van der Waals surface area contributed by atoms with E-state index in [0.29, 0.717) is 0 Å². The summed E-state index contributed by atoms with van der Waals surface area (Å²) in [5.74, 6) is 3.23. The molecule has 0 unspecified atom stereocenters. The molecule has 1 nitrogen and oxygen atoms in total. The Hall–Kier alpha value is -2.20. The third kappa shape index (κ3) is 4.19. The van der Waals surface area contributed by atoms with Gasteiger partial charge in [0.05, 0.1) is 0 Å². The van der Waals surface area contributed by atoms with E-state index in [1.165, 1.54) is 12.1 Å². The van der Waals surface area contributed by atoms with Crippen LogP contribution >= 0.6 is 0 Å². The molecule has 2 aromatic rings. The first-order chi connectivity index (χ1) is 9.40. The number of para-hydroxylation sites is 1. The van der Waals surface area contributed by atoms with Crippen molar-refractivity contribution in [1.29, 1.82) is 0 Å². The van der Waals surface area contributed by atoms with Crippen LogP contribution < -0.4 is 4.90 Å². The van der Waals surface area contributed by atoms with E-state index in [1.54, 1.807) is 0 Å². The van der Waals surface area contributed by atoms with Crippen molar-refractivity contribution < 1.29 is 0 Å². The standard InChI is InChI=1S/C18H19N/c1-2-3-15-19(18-12-8-5-9-13-18)16-14-17-10-6-4-7-11-17/h4-13H,2-3,15H2,1H3. The normalized spacial score (nSPS) is 9.53. The van der Waals surface area contributed by atoms with E-state index in [4.69, 9.17) is 0 Å². The third-order valence-corrected chi connectivity index (χ3v) is 2.91. The average Bonchev–Trinajstić information content (AvgIpc) is 2.49. The highest BCUT2D eigenvalue weighted by molar-refractivity contribution is 5.53. The fraction of sp³-hybridized carbons (Fsp3) is 0.222. The number of hydrogen-bond donors (Lipinski definition) is 0. The number of nitrogens with zero attached hydrogens (tertiary/aromatic N) is 1. The maximum atomic E-state index is 3.27. The van der Waals surface area contributed by atoms with Crippen LogP contribution in [0, 0.1) is 12.0 Å². The van der Waals surface area contributed by atoms with Gasteiger partial charge in [0.1, 0.15) is 0 Å². The fourth-order valence-electron chi connectivity index (χ4n) is 1.83. The molecule has 0 aliphatic rings. The van der Waals surface area contributed by atoms with E-state index in [9.17, 15) is 0 Å². The molecule has 0 fully saturated rings. The van der Waals surface area contributed by atoms with Crippen molar-refractivity contribution in [2.75, 3.05) is 11.4 Å². The maximum Gasteiger partial charge on any atom is 0.0489 e. The van der Waals surface area contributed by atoms with Gasteiger partial charge in [-0.25, -0.2) is 0 Å². The second-order valence-electron chi connectivity index (χ2n) is 4.44. The van der Waals surface area contributed by atoms with Gasteiger partial charge in [-0.2, -0.15) is 0 Å². The first kappa shape index (κ1) is 13.2. The molecule has 19 heavy (non-hydrogen) atoms. The van der Waals surface area contributed by atoms with Gasteiger partial charge >= 0.3 is 0 Å². The Morgan fingerprint density at radius 2 is 1.53 bits per heavy atom. The van der Waals surface area contributed by atoms with Crippen LogP contribution in [0.4, 0.5) is 5.69 Å². The molecular formula is C18H19N. The Labute approximate surface area is 115 Å². The summed E-state index contributed by atoms with van der Waals surface area (Å²) in [5.41, 5.74) is 2.22. The quantitative estimate of drug-likeness (QED) is 0.576. The van der Waals surface area contributed by atoms with Gasteiger partial charge in [-0.05, 0) is 36.6 Å². The van der Waals surface area contributed by atoms with Crippen molar-refractivity contribution in [3.63, 3.8) is 0 Å². The Kier molecular flexibility index (Phi) is 5.07. The second-order valence-corrected chi connectivity index (χ2v) is 4.44. The molecule has 2 aromatic carbocycles. The van der Waals surface area contributed by atoms with Gasteiger partial charge in [-0.3, -0.25) is 0 Å². The summed E-state index contributed by atoms with van der Waals surface area (Å²) in [6, 6.07) is 23.7. The summed E-state index contributed by atoms with van der Waals surface area (Å²) in [5, 5.41) is 0. The Morgan fingerprint density at radius 1 is 0.895 bits per heavy atom. The van der Waals surface area contributed by atoms with Gasteiger partial charge in [0, 0.05) is 23.8 Å². The van der Waals surface area contributed by atoms with E-state index in [1.807, 2.05) is 36.4 Å². The molecule has 0 saturated carbocycles. The Morgan fingerprint density at radius 3 is 2.16 bits per heavy atom. The Bertz CT molecular complexity index is 534. The molecule has 0 atom stereocenters. The fourth-order valence-corrected chi connectivity index (χ4v) is 1.83. The van der Waals surface area contributed by atoms with Gasteiger partial charge in [0.25, 0.3) is 0 Å². The second kappa shape index (κ2) is 7.28. The maximum absolute atomic E-state index is 3.27. The molecule has 0 N–H and O–H groups in total. The number of unbranched alkanes of at least 4 members (excludes halogenated alkanes) is 1. The van der Waals surface area contributed by atoms with Gasteiger partial charge < -0.3 is 4.90 Å². The van der Waals surface area contributed by atoms with Crippen molar-refractivity contribution in [3.8, 4) is 12.0 Å². The molecule has 0 spiro atoms. The van der Waals surface area contributed by atoms with E-state index in [0.717, 1.165) is 18.5 Å². The molecule has 2 rings (SSSR count). The number of rotatable bonds is 4. The summed E-state index contributed by atoms with van der Waals surface area (Å²) in [7, 11) is 0. The van der Waals surface area contributed by atoms with Crippen molar-refractivity contribution in [1.82, 2.24) is 0 Å². The molecule has 1 heteroatoms. The lowest BCUT2D eigenvalue weighted by Crippen LogP contribution is -2.17. The molecular weight excluding hydrogens is 230 g/mol. The third-order valence-electron chi connectivity index (χ3n) is 2.91. The van der Waals surface area contributed by atoms with Crippen molar-refractivity contribution in [2.24, 2.45) is 0 Å². The van der Waals surface area contributed by atoms with Crippen LogP contribution in [0.1, 0.15) is 25.3 Å². The average molecular weight is 249 g/mol. The SMILES string of the molecule is CCCCN(C#Cc1ccccc1)c1ccccc1. The highest BCUT2D eigenvalue weighted by atomic mass is 15.1. The molecule has 0 aliphatic heterocycles. The predicted octanol–water partition coefficient (Wildman–Crippen LogP) is 4.30. The number of anilines is 1. The van der Waals surface area contributed by atoms with Crippen LogP contribution in [0.25, 0.3) is 0 Å². The van der Waals surface area contributed by atoms with Crippen LogP contribution in [0.3, 0.4) is 0 Å². The molecule has 0 bridgehead atoms. The zero-order chi connectivity index (χ0) is 13.3. The van der Waals surface area contributed by atoms with Crippen LogP contribution in [-0.2, 0) is 0 Å². The molecule has 0 aliphatic carbocycles. The van der Waals surface area contributed by atoms with E-state index in [2.05, 4.69) is 48.1 Å². The zero-order valence-corrected chi connectivity index (χ0v) is 11.3. The van der Waals surface area contributed by atoms with Gasteiger partial charge in [-0.1, -0.05) is 49.7 Å². The van der Waals surface area contributed by atoms with Crippen LogP contribution in [0.5, 0.6) is 0 Å². The van der Waals surface area contributed by atoms with E-state index < -0.39 is 0 Å². The molecule has 0 saturated heterocycles. The monoisotopic (exact) mass is 249 g/mol. The highest BCUT2D eigenvalue weighted by Crippen LogP contribution is 2.13. The summed E-state index contributed by atoms with van der Waals surface area (Å²) < 4.78 is 0. The largest absolute Gasteiger partial charge is 0.301 e. The minimum absolute atomic E-state index is 0.973. The summed E-state index contributed by atoms with van der Waals surface area (Å²) >= 11 is 0. The smallest absolute Gasteiger partial charge is 0.0489 e. The van der Waals surface area contributed by atoms with Crippen molar-refractivity contribution in [2.45, 2.75) is 19.8 Å². The summed E-state index contributed by atoms with van der Waals surface area (Å²) in [6.45, 7) is 3.17. The molecule has 96 valence electrons. The topological polar surface area (TPSA) is 3.24 Å². The lowest BCUT2D eigenvalue weighted by Gasteiger charge is -2.17. The van der Waals surface area contributed by atoms with Crippen LogP contribution in [-0.4, -0.2) is 6.54 Å². The van der Waals surface area contributed by atoms with Gasteiger partial charge in [0.2, 0.25) is 0 Å². The molecule has 0 heterocycles. The highest BCUT2D eigenvalue weighted by Gasteiger charge is 2.01. The molecule has 0 aromatic heterocycles. The predicted molar refractivity (Wildman–Crippen MR) is 82.0 cm³/mol. The van der Waals surface area contributed by atoms with Crippen molar-refractivity contribution >= 4 is 5.69 Å². The summed E-state index contributed by atoms with van der Waals surface area (Å²) in [6.07, 6.45) is 2.33. The van der Waals surface area contributed by atoms with Crippen LogP contribution in [0.15, 0.2) is 60.7 Å². The van der Waals surface area contributed by atoms with E-state index >= 15 is 0 Å². The van der Waals surface area contributed by atoms with Gasteiger partial charge in [-0.15, -0.1) is 0 Å². The zero-order valence-electron chi connectivity index (χ0n) is 11.3. The molecule has 0 amide bonds. The number of benzene rings is 2. The lowest BCUT2D eigenvalue weighted by molar-refractivity contribution is 0.790. The molecule has 0 radical (unpaired) electrons. The minimum Gasteiger partial charge on any atom is -0.301 e.